The predicted molar refractivity (Wildman–Crippen MR) is 111 cm³/mol. The monoisotopic (exact) mass is 350 g/mol. The third-order valence-corrected chi connectivity index (χ3v) is 4.59. The summed E-state index contributed by atoms with van der Waals surface area (Å²) in [7, 11) is 0. The Hall–Kier alpha value is -2.52. The van der Waals surface area contributed by atoms with Crippen molar-refractivity contribution in [1.29, 1.82) is 0 Å². The Kier molecular flexibility index (Phi) is 7.97. The second kappa shape index (κ2) is 10.5. The second-order valence-electron chi connectivity index (χ2n) is 6.52. The Morgan fingerprint density at radius 3 is 2.58 bits per heavy atom. The Labute approximate surface area is 157 Å². The molecule has 26 heavy (non-hydrogen) atoms. The van der Waals surface area contributed by atoms with E-state index in [1.165, 1.54) is 29.7 Å². The minimum atomic E-state index is 0.476. The third-order valence-electron chi connectivity index (χ3n) is 4.59. The predicted octanol–water partition coefficient (Wildman–Crippen LogP) is 5.75. The van der Waals surface area contributed by atoms with E-state index in [2.05, 4.69) is 62.1 Å². The number of hydroxylamine groups is 1. The van der Waals surface area contributed by atoms with Crippen LogP contribution in [0.15, 0.2) is 66.9 Å². The first-order valence-electron chi connectivity index (χ1n) is 9.36. The maximum atomic E-state index is 8.49. The molecular formula is C23H30N2O. The van der Waals surface area contributed by atoms with Gasteiger partial charge < -0.3 is 5.32 Å². The van der Waals surface area contributed by atoms with Crippen LogP contribution in [0.2, 0.25) is 0 Å². The first kappa shape index (κ1) is 19.8. The number of rotatable bonds is 6. The molecule has 0 aliphatic carbocycles. The van der Waals surface area contributed by atoms with Gasteiger partial charge in [-0.2, -0.15) is 0 Å². The molecule has 0 spiro atoms. The first-order chi connectivity index (χ1) is 12.7. The van der Waals surface area contributed by atoms with Gasteiger partial charge in [0.05, 0.1) is 5.70 Å². The van der Waals surface area contributed by atoms with Crippen molar-refractivity contribution in [1.82, 2.24) is 5.48 Å². The molecule has 1 heterocycles. The molecule has 2 aromatic carbocycles. The Bertz CT molecular complexity index is 717. The van der Waals surface area contributed by atoms with Gasteiger partial charge in [-0.1, -0.05) is 75.4 Å². The molecule has 0 bridgehead atoms. The van der Waals surface area contributed by atoms with Crippen molar-refractivity contribution in [2.75, 3.05) is 11.9 Å². The molecule has 3 nitrogen and oxygen atoms in total. The van der Waals surface area contributed by atoms with Gasteiger partial charge in [0.25, 0.3) is 0 Å². The normalized spacial score (nSPS) is 15.0. The van der Waals surface area contributed by atoms with Gasteiger partial charge in [-0.05, 0) is 41.7 Å². The molecule has 1 aliphatic rings. The van der Waals surface area contributed by atoms with Crippen LogP contribution in [-0.4, -0.2) is 11.8 Å². The number of para-hydroxylation sites is 1. The lowest BCUT2D eigenvalue weighted by atomic mass is 9.97. The number of aryl methyl sites for hydroxylation is 1. The number of hydrogen-bond acceptors (Lipinski definition) is 3. The quantitative estimate of drug-likeness (QED) is 0.459. The van der Waals surface area contributed by atoms with E-state index in [0.29, 0.717) is 5.70 Å². The van der Waals surface area contributed by atoms with Crippen molar-refractivity contribution >= 4 is 11.8 Å². The van der Waals surface area contributed by atoms with Crippen molar-refractivity contribution in [3.8, 4) is 0 Å². The van der Waals surface area contributed by atoms with E-state index in [4.69, 9.17) is 5.21 Å². The number of nitrogens with one attached hydrogen (secondary N) is 2. The van der Waals surface area contributed by atoms with Crippen LogP contribution in [0.4, 0.5) is 5.69 Å². The summed E-state index contributed by atoms with van der Waals surface area (Å²) in [5.41, 5.74) is 7.73. The van der Waals surface area contributed by atoms with Gasteiger partial charge in [0.1, 0.15) is 0 Å². The standard InChI is InChI=1S/C12H15NO.C11H15N/c1-3-11-6-8-12(9-7-11)5-4-10(2)13-14;1-2-5-9-8-12-11-7-4-3-6-10(9)11/h4-9,13-14H,2-3H2,1H3;3-4,6-7,9,12H,2,5,8H2,1H3/b5-4+;. The van der Waals surface area contributed by atoms with Gasteiger partial charge in [0.15, 0.2) is 0 Å². The molecule has 3 N–H and O–H groups in total. The summed E-state index contributed by atoms with van der Waals surface area (Å²) in [5, 5.41) is 11.9. The summed E-state index contributed by atoms with van der Waals surface area (Å²) in [6.07, 6.45) is 7.26. The van der Waals surface area contributed by atoms with E-state index < -0.39 is 0 Å². The summed E-state index contributed by atoms with van der Waals surface area (Å²) in [4.78, 5) is 0. The maximum Gasteiger partial charge on any atom is 0.0530 e. The molecule has 0 amide bonds. The lowest BCUT2D eigenvalue weighted by Crippen LogP contribution is -2.01. The number of benzene rings is 2. The summed E-state index contributed by atoms with van der Waals surface area (Å²) >= 11 is 0. The molecule has 0 radical (unpaired) electrons. The van der Waals surface area contributed by atoms with Gasteiger partial charge in [0.2, 0.25) is 0 Å². The number of anilines is 1. The van der Waals surface area contributed by atoms with Crippen LogP contribution in [0, 0.1) is 0 Å². The van der Waals surface area contributed by atoms with Crippen LogP contribution in [0.5, 0.6) is 0 Å². The van der Waals surface area contributed by atoms with Crippen molar-refractivity contribution in [3.05, 3.63) is 83.6 Å². The van der Waals surface area contributed by atoms with E-state index in [0.717, 1.165) is 24.4 Å². The van der Waals surface area contributed by atoms with E-state index in [1.54, 1.807) is 6.08 Å². The van der Waals surface area contributed by atoms with Gasteiger partial charge >= 0.3 is 0 Å². The number of fused-ring (bicyclic) bond motifs is 1. The van der Waals surface area contributed by atoms with Gasteiger partial charge in [-0.25, -0.2) is 0 Å². The molecule has 138 valence electrons. The zero-order valence-corrected chi connectivity index (χ0v) is 15.8. The molecule has 3 rings (SSSR count). The smallest absolute Gasteiger partial charge is 0.0530 e. The Morgan fingerprint density at radius 1 is 1.19 bits per heavy atom. The zero-order chi connectivity index (χ0) is 18.8. The average Bonchev–Trinajstić information content (AvgIpc) is 3.10. The fraction of sp³-hybridized carbons (Fsp3) is 0.304. The molecule has 0 saturated heterocycles. The van der Waals surface area contributed by atoms with Crippen molar-refractivity contribution < 1.29 is 5.21 Å². The van der Waals surface area contributed by atoms with Crippen molar-refractivity contribution in [2.45, 2.75) is 39.0 Å². The van der Waals surface area contributed by atoms with E-state index in [1.807, 2.05) is 23.7 Å². The highest BCUT2D eigenvalue weighted by molar-refractivity contribution is 5.57. The molecule has 1 atom stereocenters. The topological polar surface area (TPSA) is 44.3 Å². The second-order valence-corrected chi connectivity index (χ2v) is 6.52. The summed E-state index contributed by atoms with van der Waals surface area (Å²) in [6.45, 7) is 9.08. The van der Waals surface area contributed by atoms with Gasteiger partial charge in [-0.15, -0.1) is 0 Å². The van der Waals surface area contributed by atoms with E-state index >= 15 is 0 Å². The highest BCUT2D eigenvalue weighted by atomic mass is 16.5. The SMILES string of the molecule is C=C(/C=C/c1ccc(CC)cc1)NO.CCCC1CNc2ccccc21. The molecule has 1 unspecified atom stereocenters. The first-order valence-corrected chi connectivity index (χ1v) is 9.36. The summed E-state index contributed by atoms with van der Waals surface area (Å²) in [5.74, 6) is 0.756. The highest BCUT2D eigenvalue weighted by Gasteiger charge is 2.19. The number of hydrogen-bond donors (Lipinski definition) is 3. The fourth-order valence-electron chi connectivity index (χ4n) is 3.06. The van der Waals surface area contributed by atoms with E-state index in [-0.39, 0.29) is 0 Å². The van der Waals surface area contributed by atoms with Gasteiger partial charge in [0, 0.05) is 18.2 Å². The zero-order valence-electron chi connectivity index (χ0n) is 15.8. The molecule has 1 aliphatic heterocycles. The maximum absolute atomic E-state index is 8.49. The molecular weight excluding hydrogens is 320 g/mol. The van der Waals surface area contributed by atoms with Crippen LogP contribution in [0.25, 0.3) is 6.08 Å². The largest absolute Gasteiger partial charge is 0.384 e. The molecule has 0 aromatic heterocycles. The Morgan fingerprint density at radius 2 is 1.92 bits per heavy atom. The van der Waals surface area contributed by atoms with E-state index in [9.17, 15) is 0 Å². The average molecular weight is 351 g/mol. The van der Waals surface area contributed by atoms with Crippen LogP contribution in [-0.2, 0) is 6.42 Å². The molecule has 2 aromatic rings. The molecule has 0 saturated carbocycles. The summed E-state index contributed by atoms with van der Waals surface area (Å²) < 4.78 is 0. The molecule has 0 fully saturated rings. The third kappa shape index (κ3) is 5.78. The van der Waals surface area contributed by atoms with Crippen molar-refractivity contribution in [2.24, 2.45) is 0 Å². The van der Waals surface area contributed by atoms with Crippen LogP contribution >= 0.6 is 0 Å². The minimum Gasteiger partial charge on any atom is -0.384 e. The van der Waals surface area contributed by atoms with Crippen LogP contribution < -0.4 is 10.8 Å². The minimum absolute atomic E-state index is 0.476. The number of allylic oxidation sites excluding steroid dienone is 1. The fourth-order valence-corrected chi connectivity index (χ4v) is 3.06. The van der Waals surface area contributed by atoms with Crippen LogP contribution in [0.1, 0.15) is 49.3 Å². The van der Waals surface area contributed by atoms with Gasteiger partial charge in [-0.3, -0.25) is 10.7 Å². The molecule has 3 heteroatoms. The summed E-state index contributed by atoms with van der Waals surface area (Å²) in [6, 6.07) is 16.9. The lowest BCUT2D eigenvalue weighted by molar-refractivity contribution is 0.205. The Balaban J connectivity index is 0.000000189. The van der Waals surface area contributed by atoms with Crippen LogP contribution in [0.3, 0.4) is 0 Å². The highest BCUT2D eigenvalue weighted by Crippen LogP contribution is 2.33. The lowest BCUT2D eigenvalue weighted by Gasteiger charge is -2.06. The van der Waals surface area contributed by atoms with Crippen molar-refractivity contribution in [3.63, 3.8) is 0 Å².